The Balaban J connectivity index is 1.53. The molecule has 0 aliphatic carbocycles. The van der Waals surface area contributed by atoms with Gasteiger partial charge in [0.15, 0.2) is 18.2 Å². The van der Waals surface area contributed by atoms with E-state index in [1.54, 1.807) is 0 Å². The molecule has 5 heteroatoms. The molecule has 0 aromatic heterocycles. The van der Waals surface area contributed by atoms with E-state index >= 15 is 4.57 Å². The van der Waals surface area contributed by atoms with Crippen LogP contribution in [0.15, 0.2) is 170 Å². The maximum atomic E-state index is 15.2. The third-order valence-corrected chi connectivity index (χ3v) is 13.4. The van der Waals surface area contributed by atoms with Gasteiger partial charge in [-0.05, 0) is 48.5 Å². The zero-order valence-corrected chi connectivity index (χ0v) is 24.1. The fourth-order valence-corrected chi connectivity index (χ4v) is 10.7. The van der Waals surface area contributed by atoms with Crippen molar-refractivity contribution in [3.63, 3.8) is 0 Å². The minimum Gasteiger partial charge on any atom is -0.452 e. The molecule has 0 spiro atoms. The van der Waals surface area contributed by atoms with Gasteiger partial charge in [-0.2, -0.15) is 0 Å². The Morgan fingerprint density at radius 3 is 1.37 bits per heavy atom. The molecule has 0 aliphatic rings. The van der Waals surface area contributed by atoms with Crippen LogP contribution in [0.2, 0.25) is 0 Å². The average molecular weight is 572 g/mol. The summed E-state index contributed by atoms with van der Waals surface area (Å²) < 4.78 is 21.9. The van der Waals surface area contributed by atoms with Crippen LogP contribution in [0.5, 0.6) is 11.5 Å². The third-order valence-electron chi connectivity index (χ3n) is 7.14. The molecule has 0 unspecified atom stereocenters. The Morgan fingerprint density at radius 1 is 0.463 bits per heavy atom. The predicted molar refractivity (Wildman–Crippen MR) is 173 cm³/mol. The summed E-state index contributed by atoms with van der Waals surface area (Å²) in [5, 5.41) is 4.42. The first-order valence-electron chi connectivity index (χ1n) is 13.4. The zero-order valence-electron chi connectivity index (χ0n) is 22.3. The van der Waals surface area contributed by atoms with Gasteiger partial charge >= 0.3 is 0 Å². The highest BCUT2D eigenvalue weighted by atomic mass is 31.2. The minimum absolute atomic E-state index is 0.490. The molecule has 6 aromatic carbocycles. The Kier molecular flexibility index (Phi) is 7.68. The predicted octanol–water partition coefficient (Wildman–Crippen LogP) is 6.32. The first kappa shape index (κ1) is 26.9. The van der Waals surface area contributed by atoms with Gasteiger partial charge in [0.05, 0.1) is 5.30 Å². The number of hydrogen-bond donors (Lipinski definition) is 1. The molecule has 0 heterocycles. The van der Waals surface area contributed by atoms with Gasteiger partial charge in [-0.3, -0.25) is 0 Å². The second-order valence-corrected chi connectivity index (χ2v) is 15.1. The van der Waals surface area contributed by atoms with Crippen LogP contribution in [0.4, 0.5) is 0 Å². The summed E-state index contributed by atoms with van der Waals surface area (Å²) in [6.45, 7) is 0. The highest BCUT2D eigenvalue weighted by Gasteiger charge is 2.47. The monoisotopic (exact) mass is 571 g/mol. The molecule has 0 radical (unpaired) electrons. The SMILES string of the molecule is O=P(c1ccccc1)(c1ccccc1)c1ccccc1Oc1ccccc1[P+](O)(c1ccccc1)c1ccccc1. The first-order valence-corrected chi connectivity index (χ1v) is 16.9. The van der Waals surface area contributed by atoms with E-state index in [1.165, 1.54) is 0 Å². The number of hydrogen-bond acceptors (Lipinski definition) is 3. The lowest BCUT2D eigenvalue weighted by atomic mass is 10.3. The van der Waals surface area contributed by atoms with Crippen molar-refractivity contribution in [2.45, 2.75) is 0 Å². The van der Waals surface area contributed by atoms with E-state index in [9.17, 15) is 4.89 Å². The van der Waals surface area contributed by atoms with Crippen LogP contribution in [-0.4, -0.2) is 4.89 Å². The van der Waals surface area contributed by atoms with Crippen LogP contribution in [-0.2, 0) is 4.57 Å². The molecule has 6 rings (SSSR count). The number of para-hydroxylation sites is 2. The quantitative estimate of drug-likeness (QED) is 0.218. The largest absolute Gasteiger partial charge is 0.452 e. The Labute approximate surface area is 241 Å². The van der Waals surface area contributed by atoms with Gasteiger partial charge in [0, 0.05) is 10.6 Å². The summed E-state index contributed by atoms with van der Waals surface area (Å²) in [5.74, 6) is 1.01. The van der Waals surface area contributed by atoms with Gasteiger partial charge in [0.25, 0.3) is 0 Å². The van der Waals surface area contributed by atoms with Crippen molar-refractivity contribution in [2.24, 2.45) is 0 Å². The van der Waals surface area contributed by atoms with Crippen molar-refractivity contribution < 1.29 is 14.2 Å². The van der Waals surface area contributed by atoms with Crippen molar-refractivity contribution in [1.82, 2.24) is 0 Å². The van der Waals surface area contributed by atoms with Crippen LogP contribution in [0.3, 0.4) is 0 Å². The van der Waals surface area contributed by atoms with E-state index in [-0.39, 0.29) is 0 Å². The summed E-state index contributed by atoms with van der Waals surface area (Å²) in [6, 6.07) is 53.8. The molecule has 200 valence electrons. The highest BCUT2D eigenvalue weighted by Crippen LogP contribution is 2.53. The maximum Gasteiger partial charge on any atom is 0.242 e. The number of ether oxygens (including phenoxy) is 1. The van der Waals surface area contributed by atoms with Crippen LogP contribution >= 0.6 is 14.6 Å². The van der Waals surface area contributed by atoms with Gasteiger partial charge < -0.3 is 9.30 Å². The van der Waals surface area contributed by atoms with Crippen LogP contribution < -0.4 is 36.6 Å². The lowest BCUT2D eigenvalue weighted by molar-refractivity contribution is 0.489. The van der Waals surface area contributed by atoms with Crippen molar-refractivity contribution in [3.8, 4) is 11.5 Å². The van der Waals surface area contributed by atoms with Crippen molar-refractivity contribution in [3.05, 3.63) is 170 Å². The van der Waals surface area contributed by atoms with E-state index in [1.807, 2.05) is 170 Å². The normalized spacial score (nSPS) is 11.6. The molecule has 0 fully saturated rings. The standard InChI is InChI=1S/C36H29O3P2/c37-40(29-17-5-1-6-18-29,30-19-7-2-8-20-30)35-27-15-13-25-33(35)39-34-26-14-16-28-36(34)41(38,31-21-9-3-10-22-31)32-23-11-4-12-24-32/h1-28,37H/q+1. The molecule has 1 N–H and O–H groups in total. The fraction of sp³-hybridized carbons (Fsp3) is 0. The van der Waals surface area contributed by atoms with Gasteiger partial charge in [0.2, 0.25) is 7.49 Å². The molecule has 0 atom stereocenters. The van der Waals surface area contributed by atoms with Crippen molar-refractivity contribution in [1.29, 1.82) is 0 Å². The summed E-state index contributed by atoms with van der Waals surface area (Å²) in [6.07, 6.45) is 0. The second kappa shape index (κ2) is 11.7. The van der Waals surface area contributed by atoms with Crippen LogP contribution in [0.25, 0.3) is 0 Å². The Hall–Kier alpha value is -4.26. The van der Waals surface area contributed by atoms with Crippen LogP contribution in [0, 0.1) is 0 Å². The van der Waals surface area contributed by atoms with Gasteiger partial charge in [-0.15, -0.1) is 0 Å². The molecular formula is C36H29O3P2+. The summed E-state index contributed by atoms with van der Waals surface area (Å²) in [5.41, 5.74) is 0. The topological polar surface area (TPSA) is 46.5 Å². The van der Waals surface area contributed by atoms with Crippen molar-refractivity contribution >= 4 is 46.5 Å². The molecule has 0 saturated heterocycles. The molecule has 41 heavy (non-hydrogen) atoms. The van der Waals surface area contributed by atoms with Gasteiger partial charge in [-0.1, -0.05) is 121 Å². The second-order valence-electron chi connectivity index (χ2n) is 9.62. The highest BCUT2D eigenvalue weighted by molar-refractivity contribution is 7.91. The van der Waals surface area contributed by atoms with E-state index in [4.69, 9.17) is 4.74 Å². The molecule has 3 nitrogen and oxygen atoms in total. The molecule has 0 amide bonds. The molecule has 0 saturated carbocycles. The van der Waals surface area contributed by atoms with Crippen molar-refractivity contribution in [2.75, 3.05) is 0 Å². The number of rotatable bonds is 8. The summed E-state index contributed by atoms with van der Waals surface area (Å²) in [4.78, 5) is 12.6. The summed E-state index contributed by atoms with van der Waals surface area (Å²) >= 11 is 0. The Bertz CT molecular complexity index is 1710. The number of benzene rings is 6. The molecule has 0 aliphatic heterocycles. The fourth-order valence-electron chi connectivity index (χ4n) is 5.15. The third kappa shape index (κ3) is 5.05. The van der Waals surface area contributed by atoms with Crippen LogP contribution in [0.1, 0.15) is 0 Å². The van der Waals surface area contributed by atoms with E-state index < -0.39 is 14.6 Å². The van der Waals surface area contributed by atoms with E-state index in [0.717, 1.165) is 21.2 Å². The maximum absolute atomic E-state index is 15.2. The summed E-state index contributed by atoms with van der Waals surface area (Å²) in [7, 11) is -6.37. The van der Waals surface area contributed by atoms with Gasteiger partial charge in [-0.25, -0.2) is 4.89 Å². The zero-order chi connectivity index (χ0) is 28.1. The molecular weight excluding hydrogens is 542 g/mol. The van der Waals surface area contributed by atoms with E-state index in [0.29, 0.717) is 22.1 Å². The first-order chi connectivity index (χ1) is 20.1. The molecule has 0 bridgehead atoms. The lowest BCUT2D eigenvalue weighted by Gasteiger charge is -2.24. The van der Waals surface area contributed by atoms with Gasteiger partial charge in [0.1, 0.15) is 16.4 Å². The van der Waals surface area contributed by atoms with E-state index in [2.05, 4.69) is 0 Å². The smallest absolute Gasteiger partial charge is 0.242 e. The Morgan fingerprint density at radius 2 is 0.854 bits per heavy atom. The average Bonchev–Trinajstić information content (AvgIpc) is 3.06. The minimum atomic E-state index is -3.30. The molecule has 6 aromatic rings. The lowest BCUT2D eigenvalue weighted by Crippen LogP contribution is -2.31.